The number of nitrogens with two attached hydrogens (primary N) is 1. The van der Waals surface area contributed by atoms with Gasteiger partial charge in [-0.3, -0.25) is 4.79 Å². The van der Waals surface area contributed by atoms with Crippen LogP contribution in [0.3, 0.4) is 0 Å². The van der Waals surface area contributed by atoms with Crippen LogP contribution in [-0.2, 0) is 11.0 Å². The van der Waals surface area contributed by atoms with Gasteiger partial charge < -0.3 is 10.8 Å². The molecule has 0 heterocycles. The summed E-state index contributed by atoms with van der Waals surface area (Å²) in [4.78, 5) is 11.6. The molecule has 3 N–H and O–H groups in total. The van der Waals surface area contributed by atoms with Crippen molar-refractivity contribution in [1.82, 2.24) is 0 Å². The Morgan fingerprint density at radius 1 is 1.38 bits per heavy atom. The summed E-state index contributed by atoms with van der Waals surface area (Å²) < 4.78 is 38.4. The van der Waals surface area contributed by atoms with Crippen molar-refractivity contribution in [1.29, 1.82) is 0 Å². The highest BCUT2D eigenvalue weighted by Gasteiger charge is 2.37. The molecule has 3 atom stereocenters. The van der Waals surface area contributed by atoms with Gasteiger partial charge in [-0.1, -0.05) is 13.3 Å². The van der Waals surface area contributed by atoms with Crippen LogP contribution < -0.4 is 5.73 Å². The Kier molecular flexibility index (Phi) is 4.16. The van der Waals surface area contributed by atoms with E-state index in [1.807, 2.05) is 6.92 Å². The molecule has 6 heteroatoms. The number of alkyl halides is 3. The Balaban J connectivity index is 2.43. The summed E-state index contributed by atoms with van der Waals surface area (Å²) in [5.41, 5.74) is 5.07. The predicted octanol–water partition coefficient (Wildman–Crippen LogP) is 3.89. The van der Waals surface area contributed by atoms with Crippen LogP contribution in [0.25, 0.3) is 0 Å². The summed E-state index contributed by atoms with van der Waals surface area (Å²) in [7, 11) is 0. The maximum Gasteiger partial charge on any atom is 0.416 e. The van der Waals surface area contributed by atoms with Crippen LogP contribution in [0.2, 0.25) is 0 Å². The summed E-state index contributed by atoms with van der Waals surface area (Å²) in [6, 6.07) is 2.92. The van der Waals surface area contributed by atoms with E-state index in [0.717, 1.165) is 24.6 Å². The van der Waals surface area contributed by atoms with E-state index in [1.54, 1.807) is 0 Å². The van der Waals surface area contributed by atoms with Crippen molar-refractivity contribution in [3.8, 4) is 0 Å². The molecule has 0 bridgehead atoms. The lowest BCUT2D eigenvalue weighted by Gasteiger charge is -2.22. The molecule has 0 aliphatic heterocycles. The molecule has 2 rings (SSSR count). The van der Waals surface area contributed by atoms with Crippen LogP contribution in [0.5, 0.6) is 0 Å². The minimum atomic E-state index is -4.51. The Hall–Kier alpha value is -1.72. The molecule has 1 fully saturated rings. The lowest BCUT2D eigenvalue weighted by Crippen LogP contribution is -2.22. The van der Waals surface area contributed by atoms with Gasteiger partial charge in [-0.25, -0.2) is 0 Å². The van der Waals surface area contributed by atoms with Crippen molar-refractivity contribution in [2.24, 2.45) is 11.8 Å². The molecule has 0 radical (unpaired) electrons. The molecule has 1 aliphatic rings. The van der Waals surface area contributed by atoms with Crippen molar-refractivity contribution in [2.45, 2.75) is 38.3 Å². The summed E-state index contributed by atoms with van der Waals surface area (Å²) >= 11 is 0. The molecule has 1 aromatic rings. The minimum absolute atomic E-state index is 0.0800. The predicted molar refractivity (Wildman–Crippen MR) is 72.7 cm³/mol. The molecule has 1 aromatic carbocycles. The zero-order valence-electron chi connectivity index (χ0n) is 11.7. The molecule has 116 valence electrons. The van der Waals surface area contributed by atoms with Crippen molar-refractivity contribution in [2.75, 3.05) is 5.73 Å². The Morgan fingerprint density at radius 3 is 2.52 bits per heavy atom. The molecular formula is C15H18F3NO2. The topological polar surface area (TPSA) is 63.3 Å². The number of nitrogen functional groups attached to an aromatic ring is 1. The molecule has 0 aromatic heterocycles. The van der Waals surface area contributed by atoms with Crippen LogP contribution in [0, 0.1) is 11.8 Å². The van der Waals surface area contributed by atoms with E-state index >= 15 is 0 Å². The number of carboxylic acids is 1. The van der Waals surface area contributed by atoms with Crippen LogP contribution in [0.15, 0.2) is 18.2 Å². The number of carboxylic acid groups (broad SMARTS) is 1. The lowest BCUT2D eigenvalue weighted by molar-refractivity contribution is -0.141. The number of hydrogen-bond acceptors (Lipinski definition) is 2. The van der Waals surface area contributed by atoms with E-state index in [-0.39, 0.29) is 17.2 Å². The number of carbonyl (C=O) groups is 1. The zero-order valence-corrected chi connectivity index (χ0v) is 11.7. The summed E-state index contributed by atoms with van der Waals surface area (Å²) in [5, 5.41) is 9.45. The Labute approximate surface area is 121 Å². The molecule has 1 saturated carbocycles. The molecule has 0 spiro atoms. The van der Waals surface area contributed by atoms with E-state index < -0.39 is 23.6 Å². The number of benzene rings is 1. The second-order valence-corrected chi connectivity index (χ2v) is 5.84. The number of hydrogen-bond donors (Lipinski definition) is 2. The van der Waals surface area contributed by atoms with E-state index in [0.29, 0.717) is 18.8 Å². The fourth-order valence-electron chi connectivity index (χ4n) is 3.16. The number of aliphatic carboxylic acids is 1. The summed E-state index contributed by atoms with van der Waals surface area (Å²) in [5.74, 6) is -1.86. The first-order chi connectivity index (χ1) is 9.70. The molecule has 3 nitrogen and oxygen atoms in total. The third-order valence-corrected chi connectivity index (χ3v) is 4.22. The van der Waals surface area contributed by atoms with Gasteiger partial charge in [0.2, 0.25) is 0 Å². The normalized spacial score (nSPS) is 24.0. The molecule has 3 unspecified atom stereocenters. The first kappa shape index (κ1) is 15.7. The molecular weight excluding hydrogens is 283 g/mol. The molecule has 21 heavy (non-hydrogen) atoms. The molecule has 0 amide bonds. The van der Waals surface area contributed by atoms with Crippen molar-refractivity contribution in [3.63, 3.8) is 0 Å². The monoisotopic (exact) mass is 301 g/mol. The van der Waals surface area contributed by atoms with Gasteiger partial charge >= 0.3 is 12.1 Å². The smallest absolute Gasteiger partial charge is 0.416 e. The third-order valence-electron chi connectivity index (χ3n) is 4.22. The number of rotatable bonds is 3. The third kappa shape index (κ3) is 3.31. The van der Waals surface area contributed by atoms with Gasteiger partial charge in [-0.2, -0.15) is 13.2 Å². The van der Waals surface area contributed by atoms with Crippen LogP contribution in [-0.4, -0.2) is 11.1 Å². The highest BCUT2D eigenvalue weighted by Crippen LogP contribution is 2.43. The molecule has 1 aliphatic carbocycles. The van der Waals surface area contributed by atoms with E-state index in [1.165, 1.54) is 0 Å². The molecule has 0 saturated heterocycles. The average molecular weight is 301 g/mol. The van der Waals surface area contributed by atoms with Crippen molar-refractivity contribution < 1.29 is 23.1 Å². The van der Waals surface area contributed by atoms with E-state index in [2.05, 4.69) is 0 Å². The van der Waals surface area contributed by atoms with E-state index in [4.69, 9.17) is 5.73 Å². The van der Waals surface area contributed by atoms with Gasteiger partial charge in [0.1, 0.15) is 0 Å². The van der Waals surface area contributed by atoms with Crippen LogP contribution in [0.4, 0.5) is 18.9 Å². The average Bonchev–Trinajstić information content (AvgIpc) is 2.76. The van der Waals surface area contributed by atoms with Gasteiger partial charge in [-0.05, 0) is 48.4 Å². The quantitative estimate of drug-likeness (QED) is 0.832. The van der Waals surface area contributed by atoms with Crippen LogP contribution >= 0.6 is 0 Å². The van der Waals surface area contributed by atoms with Gasteiger partial charge in [-0.15, -0.1) is 0 Å². The van der Waals surface area contributed by atoms with Gasteiger partial charge in [0.05, 0.1) is 11.5 Å². The fourth-order valence-corrected chi connectivity index (χ4v) is 3.16. The van der Waals surface area contributed by atoms with Crippen molar-refractivity contribution >= 4 is 11.7 Å². The summed E-state index contributed by atoms with van der Waals surface area (Å²) in [6.07, 6.45) is -2.21. The summed E-state index contributed by atoms with van der Waals surface area (Å²) in [6.45, 7) is 2.02. The Morgan fingerprint density at radius 2 is 2.05 bits per heavy atom. The van der Waals surface area contributed by atoms with E-state index in [9.17, 15) is 23.1 Å². The standard InChI is InChI=1S/C15H18F3NO2/c1-8-2-3-9(6-8)13(14(20)21)11-7-10(15(16,17)18)4-5-12(11)19/h4-5,7-9,13H,2-3,6,19H2,1H3,(H,20,21). The second kappa shape index (κ2) is 5.58. The maximum atomic E-state index is 12.8. The first-order valence-corrected chi connectivity index (χ1v) is 6.89. The Bertz CT molecular complexity index is 542. The van der Waals surface area contributed by atoms with Crippen LogP contribution in [0.1, 0.15) is 43.2 Å². The van der Waals surface area contributed by atoms with Gasteiger partial charge in [0, 0.05) is 5.69 Å². The minimum Gasteiger partial charge on any atom is -0.481 e. The van der Waals surface area contributed by atoms with Gasteiger partial charge in [0.25, 0.3) is 0 Å². The highest BCUT2D eigenvalue weighted by molar-refractivity contribution is 5.79. The highest BCUT2D eigenvalue weighted by atomic mass is 19.4. The number of anilines is 1. The first-order valence-electron chi connectivity index (χ1n) is 6.89. The largest absolute Gasteiger partial charge is 0.481 e. The second-order valence-electron chi connectivity index (χ2n) is 5.84. The maximum absolute atomic E-state index is 12.8. The van der Waals surface area contributed by atoms with Gasteiger partial charge in [0.15, 0.2) is 0 Å². The fraction of sp³-hybridized carbons (Fsp3) is 0.533. The number of halogens is 3. The SMILES string of the molecule is CC1CCC(C(C(=O)O)c2cc(C(F)(F)F)ccc2N)C1. The lowest BCUT2D eigenvalue weighted by atomic mass is 9.83. The van der Waals surface area contributed by atoms with Crippen molar-refractivity contribution in [3.05, 3.63) is 29.3 Å². The zero-order chi connectivity index (χ0) is 15.8.